The number of rotatable bonds is 12. The molecule has 20 heteroatoms. The van der Waals surface area contributed by atoms with Gasteiger partial charge in [-0.3, -0.25) is 47.9 Å². The van der Waals surface area contributed by atoms with Gasteiger partial charge in [-0.1, -0.05) is 153 Å². The molecule has 0 aliphatic carbocycles. The summed E-state index contributed by atoms with van der Waals surface area (Å²) in [5.74, 6) is -5.69. The molecule has 93 heavy (non-hydrogen) atoms. The van der Waals surface area contributed by atoms with Crippen LogP contribution in [0.4, 0.5) is 0 Å². The van der Waals surface area contributed by atoms with Crippen LogP contribution >= 0.6 is 0 Å². The molecule has 3 aromatic rings. The van der Waals surface area contributed by atoms with Gasteiger partial charge < -0.3 is 50.7 Å². The van der Waals surface area contributed by atoms with Gasteiger partial charge in [-0.15, -0.1) is 0 Å². The van der Waals surface area contributed by atoms with Crippen LogP contribution in [0.15, 0.2) is 84.9 Å². The minimum atomic E-state index is -1.26. The van der Waals surface area contributed by atoms with E-state index in [1.807, 2.05) is 126 Å². The number of fused-ring (bicyclic) bond motifs is 31. The largest absolute Gasteiger partial charge is 0.344 e. The Labute approximate surface area is 553 Å². The Morgan fingerprint density at radius 3 is 1.63 bits per heavy atom. The predicted octanol–water partition coefficient (Wildman–Crippen LogP) is 6.90. The van der Waals surface area contributed by atoms with Crippen molar-refractivity contribution in [3.63, 3.8) is 0 Å². The summed E-state index contributed by atoms with van der Waals surface area (Å²) in [5.41, 5.74) is 3.34. The van der Waals surface area contributed by atoms with Crippen molar-refractivity contribution in [1.82, 2.24) is 50.7 Å². The molecule has 0 radical (unpaired) electrons. The van der Waals surface area contributed by atoms with Crippen LogP contribution in [0.1, 0.15) is 162 Å². The van der Waals surface area contributed by atoms with Crippen molar-refractivity contribution < 1.29 is 47.9 Å². The van der Waals surface area contributed by atoms with Crippen molar-refractivity contribution in [2.75, 3.05) is 47.8 Å². The molecule has 510 valence electrons. The average molecular weight is 1290 g/mol. The monoisotopic (exact) mass is 1280 g/mol. The van der Waals surface area contributed by atoms with Crippen molar-refractivity contribution >= 4 is 59.1 Å². The summed E-state index contributed by atoms with van der Waals surface area (Å²) in [7, 11) is 6.07. The van der Waals surface area contributed by atoms with Crippen molar-refractivity contribution in [1.29, 1.82) is 0 Å². The molecular weight excluding hydrogens is 1180 g/mol. The van der Waals surface area contributed by atoms with Crippen LogP contribution in [0.25, 0.3) is 0 Å². The highest BCUT2D eigenvalue weighted by Crippen LogP contribution is 2.26. The average Bonchev–Trinajstić information content (AvgIpc) is 1.81. The van der Waals surface area contributed by atoms with Gasteiger partial charge in [-0.2, -0.15) is 0 Å². The molecule has 4 aliphatic rings. The van der Waals surface area contributed by atoms with Gasteiger partial charge in [0, 0.05) is 73.5 Å². The lowest BCUT2D eigenvalue weighted by molar-refractivity contribution is -0.151. The molecule has 2 fully saturated rings. The van der Waals surface area contributed by atoms with Crippen LogP contribution in [0, 0.1) is 23.7 Å². The van der Waals surface area contributed by atoms with Crippen molar-refractivity contribution in [2.24, 2.45) is 23.7 Å². The fraction of sp³-hybridized carbons (Fsp3) is 0.616. The maximum Gasteiger partial charge on any atom is 0.246 e. The van der Waals surface area contributed by atoms with Gasteiger partial charge >= 0.3 is 0 Å². The summed E-state index contributed by atoms with van der Waals surface area (Å²) in [6, 6.07) is 16.6. The summed E-state index contributed by atoms with van der Waals surface area (Å²) < 4.78 is 0. The molecule has 4 N–H and O–H groups in total. The number of hydrogen-bond acceptors (Lipinski definition) is 10. The first-order valence-electron chi connectivity index (χ1n) is 34.2. The second kappa shape index (κ2) is 35.6. The highest BCUT2D eigenvalue weighted by molar-refractivity contribution is 5.99. The summed E-state index contributed by atoms with van der Waals surface area (Å²) in [6.45, 7) is 18.1. The van der Waals surface area contributed by atoms with E-state index in [1.54, 1.807) is 23.6 Å². The van der Waals surface area contributed by atoms with Gasteiger partial charge in [0.25, 0.3) is 0 Å². The lowest BCUT2D eigenvalue weighted by atomic mass is 9.95. The third-order valence-electron chi connectivity index (χ3n) is 19.0. The molecule has 2 saturated heterocycles. The van der Waals surface area contributed by atoms with Gasteiger partial charge in [-0.25, -0.2) is 0 Å². The number of hydrogen-bond donors (Lipinski definition) is 4. The van der Waals surface area contributed by atoms with Crippen LogP contribution in [-0.4, -0.2) is 191 Å². The second-order valence-corrected chi connectivity index (χ2v) is 27.6. The molecule has 7 rings (SSSR count). The maximum atomic E-state index is 15.5. The number of likely N-dealkylation sites (N-methyl/N-ethyl adjacent to an activating group) is 4. The first-order chi connectivity index (χ1) is 44.2. The highest BCUT2D eigenvalue weighted by atomic mass is 16.2. The second-order valence-electron chi connectivity index (χ2n) is 27.6. The number of nitrogens with zero attached hydrogens (tertiary/aromatic N) is 6. The molecule has 0 saturated carbocycles. The number of benzene rings is 3. The maximum absolute atomic E-state index is 15.5. The van der Waals surface area contributed by atoms with Crippen LogP contribution in [-0.2, 0) is 73.6 Å². The zero-order valence-corrected chi connectivity index (χ0v) is 57.8. The molecule has 20 nitrogen and oxygen atoms in total. The lowest BCUT2D eigenvalue weighted by Gasteiger charge is -2.38. The van der Waals surface area contributed by atoms with Gasteiger partial charge in [0.2, 0.25) is 59.1 Å². The number of piperidine rings is 1. The Balaban J connectivity index is 1.38. The quantitative estimate of drug-likeness (QED) is 0.137. The molecule has 10 atom stereocenters. The SMILES string of the molecule is CC[C@H](C)[C@H]1C(=O)N[C@H](C(=O)N2CCCCC2)Cc2ccc(cc2)CCCCCC(=O)N[C@@H](CC(C)C)C(=O)N2CCC[C@H]2C(=O)N(C)[C@@H](C(C)C)C(=O)N[C@@H](Cc2ccccc2)C(=O)N(C)[C@@H](Cc2ccccc2)C(=O)N(C)[C@@H](CC(C)C)C(=O)N[C@@H](C)C(=O)N1C. The Morgan fingerprint density at radius 2 is 1.04 bits per heavy atom. The molecule has 0 spiro atoms. The molecule has 4 aliphatic heterocycles. The molecule has 0 unspecified atom stereocenters. The first-order valence-corrected chi connectivity index (χ1v) is 34.2. The molecular formula is C73H108N10O10. The number of carbonyl (C=O) groups is 10. The van der Waals surface area contributed by atoms with E-state index in [0.29, 0.717) is 56.3 Å². The normalized spacial score (nSPS) is 25.5. The standard InChI is InChI=1S/C73H108N10O10/c1-14-50(8)64-67(87)77-58(70(90)82-39-25-18-26-40-82)45-55-37-35-52(36-38-55)28-19-17-24-34-62(84)75-56(42-47(2)3)71(91)83-41-27-33-59(83)72(92)80(12)63(49(6)7)66(86)76-57(44-53-29-20-15-21-30-53)69(89)79(11)61(46-54-31-22-16-23-32-54)73(93)78(10)60(43-48(4)5)65(85)74-51(9)68(88)81(64)13/h15-16,20-23,29-32,35-38,47-51,56-61,63-64H,14,17-19,24-28,33-34,39-46H2,1-13H3,(H,74,85)(H,75,84)(H,76,86)(H,77,87)/t50-,51-,56-,57-,58-,59-,60-,61-,63-,64-/m0/s1. The van der Waals surface area contributed by atoms with Gasteiger partial charge in [0.1, 0.15) is 54.4 Å². The van der Waals surface area contributed by atoms with Crippen LogP contribution in [0.5, 0.6) is 0 Å². The summed E-state index contributed by atoms with van der Waals surface area (Å²) in [4.78, 5) is 157. The number of carbonyl (C=O) groups excluding carboxylic acids is 10. The van der Waals surface area contributed by atoms with E-state index in [9.17, 15) is 33.6 Å². The summed E-state index contributed by atoms with van der Waals surface area (Å²) >= 11 is 0. The van der Waals surface area contributed by atoms with E-state index < -0.39 is 102 Å². The van der Waals surface area contributed by atoms with E-state index >= 15 is 14.4 Å². The first kappa shape index (κ1) is 74.4. The van der Waals surface area contributed by atoms with Crippen LogP contribution in [0.2, 0.25) is 0 Å². The van der Waals surface area contributed by atoms with E-state index in [0.717, 1.165) is 49.7 Å². The highest BCUT2D eigenvalue weighted by Gasteiger charge is 2.45. The van der Waals surface area contributed by atoms with E-state index in [1.165, 1.54) is 54.7 Å². The van der Waals surface area contributed by atoms with Crippen LogP contribution in [0.3, 0.4) is 0 Å². The zero-order chi connectivity index (χ0) is 68.2. The Kier molecular flexibility index (Phi) is 28.5. The third-order valence-corrected chi connectivity index (χ3v) is 19.0. The molecule has 2 bridgehead atoms. The minimum Gasteiger partial charge on any atom is -0.344 e. The van der Waals surface area contributed by atoms with Gasteiger partial charge in [-0.05, 0) is 117 Å². The zero-order valence-electron chi connectivity index (χ0n) is 57.8. The summed E-state index contributed by atoms with van der Waals surface area (Å²) in [6.07, 6.45) is 7.94. The molecule has 3 aromatic carbocycles. The van der Waals surface area contributed by atoms with Crippen molar-refractivity contribution in [3.8, 4) is 0 Å². The lowest BCUT2D eigenvalue weighted by Crippen LogP contribution is -2.62. The van der Waals surface area contributed by atoms with Crippen molar-refractivity contribution in [3.05, 3.63) is 107 Å². The van der Waals surface area contributed by atoms with Crippen molar-refractivity contribution in [2.45, 2.75) is 219 Å². The molecule has 10 amide bonds. The topological polar surface area (TPSA) is 238 Å². The fourth-order valence-electron chi connectivity index (χ4n) is 13.5. The van der Waals surface area contributed by atoms with E-state index in [-0.39, 0.29) is 74.1 Å². The fourth-order valence-corrected chi connectivity index (χ4v) is 13.5. The minimum absolute atomic E-state index is 0.0117. The Hall–Kier alpha value is -7.64. The Bertz CT molecular complexity index is 2990. The van der Waals surface area contributed by atoms with Crippen LogP contribution < -0.4 is 21.3 Å². The predicted molar refractivity (Wildman–Crippen MR) is 361 cm³/mol. The summed E-state index contributed by atoms with van der Waals surface area (Å²) in [5, 5.41) is 12.0. The molecule has 0 aromatic heterocycles. The van der Waals surface area contributed by atoms with Gasteiger partial charge in [0.05, 0.1) is 0 Å². The number of nitrogens with one attached hydrogen (secondary N) is 4. The van der Waals surface area contributed by atoms with E-state index in [4.69, 9.17) is 0 Å². The van der Waals surface area contributed by atoms with Gasteiger partial charge in [0.15, 0.2) is 0 Å². The number of amides is 10. The molecule has 4 heterocycles. The number of likely N-dealkylation sites (tertiary alicyclic amines) is 1. The number of aryl methyl sites for hydroxylation is 1. The Morgan fingerprint density at radius 1 is 0.495 bits per heavy atom. The van der Waals surface area contributed by atoms with E-state index in [2.05, 4.69) is 21.3 Å². The third kappa shape index (κ3) is 20.7. The smallest absolute Gasteiger partial charge is 0.246 e.